The summed E-state index contributed by atoms with van der Waals surface area (Å²) in [6.07, 6.45) is 0. The quantitative estimate of drug-likeness (QED) is 0.193. The topological polar surface area (TPSA) is 3.24 Å². The van der Waals surface area contributed by atoms with Gasteiger partial charge < -0.3 is 0 Å². The van der Waals surface area contributed by atoms with E-state index >= 15 is 0 Å². The van der Waals surface area contributed by atoms with Gasteiger partial charge in [-0.15, -0.1) is 0 Å². The first-order chi connectivity index (χ1) is 18.5. The molecule has 0 saturated carbocycles. The molecule has 0 aliphatic rings. The predicted molar refractivity (Wildman–Crippen MR) is 170 cm³/mol. The standard InChI is InChI=1S/C35H35NP2/c1-27-19-23-32(24-20-27)38(33-25-21-28(2)22-26-33)36(4)29(3)34-17-11-12-18-35(34)37(30-13-7-5-8-14-30)31-15-9-6-10-16-31/h5-26,29H,1-4H3/t29-/m0/s1. The van der Waals surface area contributed by atoms with Crippen LogP contribution in [-0.2, 0) is 0 Å². The third kappa shape index (κ3) is 5.82. The molecule has 3 heteroatoms. The second-order valence-corrected chi connectivity index (χ2v) is 14.3. The van der Waals surface area contributed by atoms with Crippen LogP contribution in [0.4, 0.5) is 0 Å². The van der Waals surface area contributed by atoms with Gasteiger partial charge in [-0.2, -0.15) is 0 Å². The van der Waals surface area contributed by atoms with E-state index in [2.05, 4.69) is 166 Å². The first-order valence-electron chi connectivity index (χ1n) is 13.2. The Morgan fingerprint density at radius 3 is 1.39 bits per heavy atom. The van der Waals surface area contributed by atoms with Crippen molar-refractivity contribution in [2.45, 2.75) is 26.8 Å². The zero-order chi connectivity index (χ0) is 26.5. The highest BCUT2D eigenvalue weighted by Crippen LogP contribution is 2.44. The van der Waals surface area contributed by atoms with Crippen LogP contribution < -0.4 is 26.5 Å². The third-order valence-corrected chi connectivity index (χ3v) is 12.2. The van der Waals surface area contributed by atoms with Crippen molar-refractivity contribution in [3.8, 4) is 0 Å². The van der Waals surface area contributed by atoms with Gasteiger partial charge in [0.1, 0.15) is 0 Å². The maximum absolute atomic E-state index is 2.60. The smallest absolute Gasteiger partial charge is 0.0365 e. The Morgan fingerprint density at radius 2 is 0.921 bits per heavy atom. The number of rotatable bonds is 8. The van der Waals surface area contributed by atoms with Crippen LogP contribution in [0.1, 0.15) is 29.7 Å². The molecule has 0 radical (unpaired) electrons. The van der Waals surface area contributed by atoms with E-state index in [1.807, 2.05) is 0 Å². The molecule has 0 saturated heterocycles. The Labute approximate surface area is 230 Å². The Balaban J connectivity index is 1.60. The van der Waals surface area contributed by atoms with Crippen LogP contribution in [0.5, 0.6) is 0 Å². The number of nitrogens with zero attached hydrogens (tertiary/aromatic N) is 1. The highest BCUT2D eigenvalue weighted by atomic mass is 31.1. The van der Waals surface area contributed by atoms with Crippen molar-refractivity contribution in [1.29, 1.82) is 0 Å². The van der Waals surface area contributed by atoms with Crippen LogP contribution >= 0.6 is 16.0 Å². The van der Waals surface area contributed by atoms with E-state index in [4.69, 9.17) is 0 Å². The van der Waals surface area contributed by atoms with E-state index in [0.717, 1.165) is 0 Å². The van der Waals surface area contributed by atoms with Gasteiger partial charge in [-0.25, -0.2) is 0 Å². The normalized spacial score (nSPS) is 12.3. The first kappa shape index (κ1) is 26.5. The monoisotopic (exact) mass is 531 g/mol. The second kappa shape index (κ2) is 12.2. The van der Waals surface area contributed by atoms with E-state index in [0.29, 0.717) is 0 Å². The van der Waals surface area contributed by atoms with Crippen LogP contribution in [0.2, 0.25) is 0 Å². The molecule has 0 amide bonds. The lowest BCUT2D eigenvalue weighted by molar-refractivity contribution is 0.446. The second-order valence-electron chi connectivity index (χ2n) is 9.80. The van der Waals surface area contributed by atoms with E-state index in [1.54, 1.807) is 0 Å². The molecule has 5 aromatic carbocycles. The summed E-state index contributed by atoms with van der Waals surface area (Å²) < 4.78 is 2.60. The lowest BCUT2D eigenvalue weighted by Crippen LogP contribution is -2.31. The number of hydrogen-bond acceptors (Lipinski definition) is 1. The summed E-state index contributed by atoms with van der Waals surface area (Å²) in [4.78, 5) is 0. The summed E-state index contributed by atoms with van der Waals surface area (Å²) in [7, 11) is 0.926. The average molecular weight is 532 g/mol. The molecule has 0 heterocycles. The van der Waals surface area contributed by atoms with Gasteiger partial charge in [0.2, 0.25) is 0 Å². The van der Waals surface area contributed by atoms with Crippen LogP contribution in [0, 0.1) is 13.8 Å². The zero-order valence-electron chi connectivity index (χ0n) is 22.6. The maximum Gasteiger partial charge on any atom is 0.0365 e. The lowest BCUT2D eigenvalue weighted by atomic mass is 10.1. The molecule has 5 aromatic rings. The Hall–Kier alpha value is -3.08. The summed E-state index contributed by atoms with van der Waals surface area (Å²) in [6, 6.07) is 49.6. The van der Waals surface area contributed by atoms with Gasteiger partial charge in [0, 0.05) is 14.1 Å². The highest BCUT2D eigenvalue weighted by Gasteiger charge is 2.28. The Bertz CT molecular complexity index is 1360. The SMILES string of the molecule is Cc1ccc(P(c2ccc(C)cc2)N(C)[C@@H](C)c2ccccc2P(c2ccccc2)c2ccccc2)cc1. The molecule has 190 valence electrons. The molecular formula is C35H35NP2. The largest absolute Gasteiger partial charge is 0.271 e. The van der Waals surface area contributed by atoms with Crippen LogP contribution in [0.15, 0.2) is 133 Å². The molecule has 5 rings (SSSR count). The molecule has 0 spiro atoms. The minimum absolute atomic E-state index is 0.234. The molecule has 0 aromatic heterocycles. The predicted octanol–water partition coefficient (Wildman–Crippen LogP) is 7.10. The summed E-state index contributed by atoms with van der Waals surface area (Å²) in [6.45, 7) is 6.70. The van der Waals surface area contributed by atoms with Crippen molar-refractivity contribution in [2.75, 3.05) is 7.05 Å². The molecule has 0 unspecified atom stereocenters. The summed E-state index contributed by atoms with van der Waals surface area (Å²) >= 11 is 0. The summed E-state index contributed by atoms with van der Waals surface area (Å²) in [5.41, 5.74) is 4.00. The minimum atomic E-state index is -0.700. The molecule has 0 aliphatic carbocycles. The first-order valence-corrected chi connectivity index (χ1v) is 15.8. The molecule has 0 fully saturated rings. The van der Waals surface area contributed by atoms with Gasteiger partial charge in [-0.3, -0.25) is 4.67 Å². The fraction of sp³-hybridized carbons (Fsp3) is 0.143. The minimum Gasteiger partial charge on any atom is -0.271 e. The molecular weight excluding hydrogens is 496 g/mol. The van der Waals surface area contributed by atoms with Gasteiger partial charge in [0.15, 0.2) is 0 Å². The number of hydrogen-bond donors (Lipinski definition) is 0. The van der Waals surface area contributed by atoms with E-state index < -0.39 is 16.0 Å². The Kier molecular flexibility index (Phi) is 8.51. The van der Waals surface area contributed by atoms with Gasteiger partial charge in [0.05, 0.1) is 0 Å². The lowest BCUT2D eigenvalue weighted by Gasteiger charge is -2.36. The van der Waals surface area contributed by atoms with E-state index in [-0.39, 0.29) is 6.04 Å². The summed E-state index contributed by atoms with van der Waals surface area (Å²) in [5.74, 6) is 0. The maximum atomic E-state index is 2.60. The van der Waals surface area contributed by atoms with E-state index in [9.17, 15) is 0 Å². The Morgan fingerprint density at radius 1 is 0.500 bits per heavy atom. The van der Waals surface area contributed by atoms with Crippen molar-refractivity contribution in [3.05, 3.63) is 150 Å². The number of benzene rings is 5. The van der Waals surface area contributed by atoms with Crippen molar-refractivity contribution >= 4 is 42.5 Å². The van der Waals surface area contributed by atoms with E-state index in [1.165, 1.54) is 43.2 Å². The molecule has 0 aliphatic heterocycles. The molecule has 1 atom stereocenters. The molecule has 38 heavy (non-hydrogen) atoms. The molecule has 0 N–H and O–H groups in total. The number of aryl methyl sites for hydroxylation is 2. The van der Waals surface area contributed by atoms with Gasteiger partial charge >= 0.3 is 0 Å². The molecule has 1 nitrogen and oxygen atoms in total. The van der Waals surface area contributed by atoms with Crippen LogP contribution in [-0.4, -0.2) is 11.7 Å². The summed E-state index contributed by atoms with van der Waals surface area (Å²) in [5, 5.41) is 6.97. The fourth-order valence-electron chi connectivity index (χ4n) is 4.89. The average Bonchev–Trinajstić information content (AvgIpc) is 2.96. The zero-order valence-corrected chi connectivity index (χ0v) is 24.4. The van der Waals surface area contributed by atoms with Crippen molar-refractivity contribution in [1.82, 2.24) is 4.67 Å². The van der Waals surface area contributed by atoms with Gasteiger partial charge in [-0.05, 0) is 67.8 Å². The highest BCUT2D eigenvalue weighted by molar-refractivity contribution is 7.80. The van der Waals surface area contributed by atoms with Crippen molar-refractivity contribution in [3.63, 3.8) is 0 Å². The van der Waals surface area contributed by atoms with Crippen LogP contribution in [0.25, 0.3) is 0 Å². The van der Waals surface area contributed by atoms with Gasteiger partial charge in [0.25, 0.3) is 0 Å². The van der Waals surface area contributed by atoms with Crippen molar-refractivity contribution < 1.29 is 0 Å². The van der Waals surface area contributed by atoms with Crippen LogP contribution in [0.3, 0.4) is 0 Å². The fourth-order valence-corrected chi connectivity index (χ4v) is 9.80. The third-order valence-electron chi connectivity index (χ3n) is 7.09. The molecule has 0 bridgehead atoms. The van der Waals surface area contributed by atoms with Gasteiger partial charge in [-0.1, -0.05) is 145 Å². The van der Waals surface area contributed by atoms with Crippen molar-refractivity contribution in [2.24, 2.45) is 0 Å².